The van der Waals surface area contributed by atoms with Crippen LogP contribution in [-0.2, 0) is 19.2 Å². The van der Waals surface area contributed by atoms with Crippen LogP contribution in [0.4, 0.5) is 11.4 Å². The summed E-state index contributed by atoms with van der Waals surface area (Å²) in [6, 6.07) is 6.85. The van der Waals surface area contributed by atoms with Gasteiger partial charge >= 0.3 is 0 Å². The van der Waals surface area contributed by atoms with Crippen LogP contribution in [0.15, 0.2) is 36.4 Å². The molecule has 1 fully saturated rings. The number of carbonyl (C=O) groups excluding carboxylic acids is 4. The molecule has 1 aliphatic carbocycles. The number of hydrogen-bond acceptors (Lipinski definition) is 4. The Morgan fingerprint density at radius 1 is 1.00 bits per heavy atom. The highest BCUT2D eigenvalue weighted by molar-refractivity contribution is 6.06. The Balaban J connectivity index is 1.59. The van der Waals surface area contributed by atoms with E-state index in [4.69, 9.17) is 0 Å². The smallest absolute Gasteiger partial charge is 0.233 e. The highest BCUT2D eigenvalue weighted by atomic mass is 16.2. The average Bonchev–Trinajstić information content (AvgIpc) is 2.86. The maximum absolute atomic E-state index is 12.4. The van der Waals surface area contributed by atoms with Gasteiger partial charge in [0.25, 0.3) is 0 Å². The summed E-state index contributed by atoms with van der Waals surface area (Å²) in [7, 11) is 0. The number of nitrogens with one attached hydrogen (secondary N) is 2. The summed E-state index contributed by atoms with van der Waals surface area (Å²) in [5, 5.41) is 5.36. The van der Waals surface area contributed by atoms with Gasteiger partial charge in [-0.15, -0.1) is 0 Å². The fraction of sp³-hybridized carbons (Fsp3) is 0.368. The summed E-state index contributed by atoms with van der Waals surface area (Å²) < 4.78 is 0. The molecule has 0 spiro atoms. The normalized spacial score (nSPS) is 21.5. The summed E-state index contributed by atoms with van der Waals surface area (Å²) in [5.41, 5.74) is 0.975. The van der Waals surface area contributed by atoms with Crippen molar-refractivity contribution in [3.8, 4) is 0 Å². The van der Waals surface area contributed by atoms with Crippen molar-refractivity contribution in [1.82, 2.24) is 4.90 Å². The lowest BCUT2D eigenvalue weighted by atomic mass is 9.85. The number of nitrogens with zero attached hydrogens (tertiary/aromatic N) is 1. The fourth-order valence-electron chi connectivity index (χ4n) is 3.41. The molecule has 1 saturated heterocycles. The summed E-state index contributed by atoms with van der Waals surface area (Å²) in [5.74, 6) is -1.49. The molecule has 2 aliphatic rings. The van der Waals surface area contributed by atoms with Crippen molar-refractivity contribution in [1.29, 1.82) is 0 Å². The van der Waals surface area contributed by atoms with Gasteiger partial charge in [-0.1, -0.05) is 24.3 Å². The predicted octanol–water partition coefficient (Wildman–Crippen LogP) is 1.92. The number of rotatable bonds is 5. The predicted molar refractivity (Wildman–Crippen MR) is 96.1 cm³/mol. The number of anilines is 2. The van der Waals surface area contributed by atoms with E-state index in [2.05, 4.69) is 10.6 Å². The maximum Gasteiger partial charge on any atom is 0.233 e. The number of imide groups is 1. The number of fused-ring (bicyclic) bond motifs is 1. The van der Waals surface area contributed by atoms with Gasteiger partial charge in [0.05, 0.1) is 23.2 Å². The van der Waals surface area contributed by atoms with Gasteiger partial charge in [0, 0.05) is 19.9 Å². The number of allylic oxidation sites excluding steroid dienone is 2. The molecule has 1 aromatic carbocycles. The first-order chi connectivity index (χ1) is 12.5. The van der Waals surface area contributed by atoms with Gasteiger partial charge in [-0.2, -0.15) is 0 Å². The Hall–Kier alpha value is -2.96. The van der Waals surface area contributed by atoms with Gasteiger partial charge in [-0.05, 0) is 25.0 Å². The molecule has 0 radical (unpaired) electrons. The van der Waals surface area contributed by atoms with Crippen LogP contribution in [0.2, 0.25) is 0 Å². The van der Waals surface area contributed by atoms with Crippen molar-refractivity contribution in [3.63, 3.8) is 0 Å². The topological polar surface area (TPSA) is 95.6 Å². The number of likely N-dealkylation sites (tertiary alicyclic amines) is 1. The monoisotopic (exact) mass is 355 g/mol. The molecular formula is C19H21N3O4. The van der Waals surface area contributed by atoms with Crippen molar-refractivity contribution >= 4 is 35.0 Å². The third kappa shape index (κ3) is 3.66. The van der Waals surface area contributed by atoms with E-state index in [1.54, 1.807) is 24.3 Å². The molecule has 7 heteroatoms. The van der Waals surface area contributed by atoms with Crippen molar-refractivity contribution in [2.75, 3.05) is 17.2 Å². The van der Waals surface area contributed by atoms with E-state index in [0.29, 0.717) is 24.2 Å². The third-order valence-electron chi connectivity index (χ3n) is 4.67. The molecule has 136 valence electrons. The van der Waals surface area contributed by atoms with Crippen molar-refractivity contribution < 1.29 is 19.2 Å². The van der Waals surface area contributed by atoms with Crippen LogP contribution in [-0.4, -0.2) is 35.1 Å². The molecule has 4 amide bonds. The second-order valence-corrected chi connectivity index (χ2v) is 6.51. The number of carbonyl (C=O) groups is 4. The molecule has 0 bridgehead atoms. The Morgan fingerprint density at radius 3 is 2.08 bits per heavy atom. The largest absolute Gasteiger partial charge is 0.325 e. The Morgan fingerprint density at radius 2 is 1.54 bits per heavy atom. The van der Waals surface area contributed by atoms with Crippen molar-refractivity contribution in [3.05, 3.63) is 36.4 Å². The number of amides is 4. The SMILES string of the molecule is CC(=O)Nc1ccccc1NC(=O)CCN1C(=O)[C@H]2CC=CC[C@@H]2C1=O. The Kier molecular flexibility index (Phi) is 5.16. The van der Waals surface area contributed by atoms with E-state index in [9.17, 15) is 19.2 Å². The first kappa shape index (κ1) is 17.8. The van der Waals surface area contributed by atoms with E-state index in [1.807, 2.05) is 12.2 Å². The van der Waals surface area contributed by atoms with Crippen LogP contribution in [0.3, 0.4) is 0 Å². The second kappa shape index (κ2) is 7.51. The lowest BCUT2D eigenvalue weighted by Crippen LogP contribution is -2.34. The quantitative estimate of drug-likeness (QED) is 0.623. The zero-order valence-corrected chi connectivity index (χ0v) is 14.5. The molecule has 0 aromatic heterocycles. The molecule has 7 nitrogen and oxygen atoms in total. The molecule has 0 saturated carbocycles. The third-order valence-corrected chi connectivity index (χ3v) is 4.67. The van der Waals surface area contributed by atoms with Gasteiger partial charge in [0.1, 0.15) is 0 Å². The second-order valence-electron chi connectivity index (χ2n) is 6.51. The van der Waals surface area contributed by atoms with Crippen molar-refractivity contribution in [2.24, 2.45) is 11.8 Å². The van der Waals surface area contributed by atoms with E-state index >= 15 is 0 Å². The lowest BCUT2D eigenvalue weighted by molar-refractivity contribution is -0.140. The highest BCUT2D eigenvalue weighted by Gasteiger charge is 2.46. The maximum atomic E-state index is 12.4. The molecular weight excluding hydrogens is 334 g/mol. The van der Waals surface area contributed by atoms with E-state index in [1.165, 1.54) is 11.8 Å². The molecule has 3 rings (SSSR count). The lowest BCUT2D eigenvalue weighted by Gasteiger charge is -2.15. The van der Waals surface area contributed by atoms with Gasteiger partial charge < -0.3 is 10.6 Å². The van der Waals surface area contributed by atoms with Gasteiger partial charge in [-0.3, -0.25) is 24.1 Å². The summed E-state index contributed by atoms with van der Waals surface area (Å²) in [4.78, 5) is 49.5. The van der Waals surface area contributed by atoms with Crippen LogP contribution in [0.1, 0.15) is 26.2 Å². The Labute approximate surface area is 151 Å². The zero-order valence-electron chi connectivity index (χ0n) is 14.5. The van der Waals surface area contributed by atoms with Crippen LogP contribution in [0, 0.1) is 11.8 Å². The first-order valence-electron chi connectivity index (χ1n) is 8.64. The zero-order chi connectivity index (χ0) is 18.7. The first-order valence-corrected chi connectivity index (χ1v) is 8.64. The minimum absolute atomic E-state index is 0.0127. The van der Waals surface area contributed by atoms with E-state index in [-0.39, 0.29) is 48.4 Å². The molecule has 2 atom stereocenters. The molecule has 0 unspecified atom stereocenters. The van der Waals surface area contributed by atoms with Crippen LogP contribution in [0.5, 0.6) is 0 Å². The molecule has 26 heavy (non-hydrogen) atoms. The molecule has 2 N–H and O–H groups in total. The number of benzene rings is 1. The van der Waals surface area contributed by atoms with Crippen LogP contribution < -0.4 is 10.6 Å². The number of hydrogen-bond donors (Lipinski definition) is 2. The minimum Gasteiger partial charge on any atom is -0.325 e. The molecule has 1 aromatic rings. The van der Waals surface area contributed by atoms with Gasteiger partial charge in [0.15, 0.2) is 0 Å². The standard InChI is InChI=1S/C19H21N3O4/c1-12(23)20-15-8-4-5-9-16(15)21-17(24)10-11-22-18(25)13-6-2-3-7-14(13)19(22)26/h2-5,8-9,13-14H,6-7,10-11H2,1H3,(H,20,23)(H,21,24)/t13-,14-/m0/s1. The highest BCUT2D eigenvalue weighted by Crippen LogP contribution is 2.35. The summed E-state index contributed by atoms with van der Waals surface area (Å²) >= 11 is 0. The van der Waals surface area contributed by atoms with E-state index in [0.717, 1.165) is 0 Å². The van der Waals surface area contributed by atoms with Crippen molar-refractivity contribution in [2.45, 2.75) is 26.2 Å². The Bertz CT molecular complexity index is 761. The fourth-order valence-corrected chi connectivity index (χ4v) is 3.41. The number of para-hydroxylation sites is 2. The van der Waals surface area contributed by atoms with Crippen LogP contribution >= 0.6 is 0 Å². The molecule has 1 aliphatic heterocycles. The minimum atomic E-state index is -0.323. The van der Waals surface area contributed by atoms with Gasteiger partial charge in [0.2, 0.25) is 23.6 Å². The summed E-state index contributed by atoms with van der Waals surface area (Å²) in [6.45, 7) is 1.45. The van der Waals surface area contributed by atoms with Crippen LogP contribution in [0.25, 0.3) is 0 Å². The van der Waals surface area contributed by atoms with Gasteiger partial charge in [-0.25, -0.2) is 0 Å². The average molecular weight is 355 g/mol. The summed E-state index contributed by atoms with van der Waals surface area (Å²) in [6.07, 6.45) is 5.05. The van der Waals surface area contributed by atoms with E-state index < -0.39 is 0 Å². The molecule has 1 heterocycles.